The number of nitrogens with one attached hydrogen (secondary N) is 1. The zero-order valence-electron chi connectivity index (χ0n) is 19.1. The summed E-state index contributed by atoms with van der Waals surface area (Å²) in [4.78, 5) is 18.8. The molecular formula is C27H37N3O2. The third-order valence-corrected chi connectivity index (χ3v) is 7.08. The minimum atomic E-state index is -0.699. The molecule has 0 spiro atoms. The Morgan fingerprint density at radius 2 is 2.06 bits per heavy atom. The topological polar surface area (TPSA) is 65.5 Å². The Labute approximate surface area is 192 Å². The van der Waals surface area contributed by atoms with Gasteiger partial charge in [-0.1, -0.05) is 36.4 Å². The van der Waals surface area contributed by atoms with Crippen molar-refractivity contribution in [3.05, 3.63) is 59.3 Å². The fraction of sp³-hybridized carbons (Fsp3) is 0.556. The van der Waals surface area contributed by atoms with Crippen molar-refractivity contribution in [2.24, 2.45) is 5.92 Å². The molecule has 2 aromatic rings. The number of aryl methyl sites for hydroxylation is 2. The predicted molar refractivity (Wildman–Crippen MR) is 129 cm³/mol. The van der Waals surface area contributed by atoms with Crippen LogP contribution in [0.15, 0.2) is 42.5 Å². The Morgan fingerprint density at radius 3 is 2.91 bits per heavy atom. The third kappa shape index (κ3) is 6.55. The molecule has 0 aliphatic carbocycles. The number of hydrogen-bond donors (Lipinski definition) is 2. The lowest BCUT2D eigenvalue weighted by Gasteiger charge is -2.33. The summed E-state index contributed by atoms with van der Waals surface area (Å²) in [6.07, 6.45) is 9.33. The smallest absolute Gasteiger partial charge is 0.303 e. The molecule has 0 bridgehead atoms. The van der Waals surface area contributed by atoms with Crippen LogP contribution in [-0.4, -0.2) is 47.1 Å². The summed E-state index contributed by atoms with van der Waals surface area (Å²) in [5.74, 6) is 1.19. The third-order valence-electron chi connectivity index (χ3n) is 7.08. The molecule has 5 nitrogen and oxygen atoms in total. The second-order valence-electron chi connectivity index (χ2n) is 9.54. The Hall–Kier alpha value is -2.40. The van der Waals surface area contributed by atoms with E-state index in [4.69, 9.17) is 4.98 Å². The van der Waals surface area contributed by atoms with Gasteiger partial charge in [0, 0.05) is 18.8 Å². The fourth-order valence-electron chi connectivity index (χ4n) is 5.34. The highest BCUT2D eigenvalue weighted by Gasteiger charge is 2.22. The number of hydrogen-bond acceptors (Lipinski definition) is 4. The van der Waals surface area contributed by atoms with Crippen LogP contribution < -0.4 is 5.32 Å². The summed E-state index contributed by atoms with van der Waals surface area (Å²) < 4.78 is 0. The minimum Gasteiger partial charge on any atom is -0.481 e. The lowest BCUT2D eigenvalue weighted by molar-refractivity contribution is -0.137. The molecular weight excluding hydrogens is 398 g/mol. The molecule has 2 N–H and O–H groups in total. The predicted octanol–water partition coefficient (Wildman–Crippen LogP) is 5.12. The first-order chi connectivity index (χ1) is 15.7. The number of rotatable bonds is 10. The molecule has 0 amide bonds. The number of carboxylic acid groups (broad SMARTS) is 1. The molecule has 1 saturated heterocycles. The van der Waals surface area contributed by atoms with Crippen molar-refractivity contribution in [3.8, 4) is 0 Å². The molecule has 4 rings (SSSR count). The van der Waals surface area contributed by atoms with Crippen molar-refractivity contribution in [1.82, 2.24) is 9.88 Å². The zero-order valence-corrected chi connectivity index (χ0v) is 19.1. The van der Waals surface area contributed by atoms with Gasteiger partial charge in [-0.15, -0.1) is 0 Å². The first-order valence-corrected chi connectivity index (χ1v) is 12.4. The van der Waals surface area contributed by atoms with E-state index in [-0.39, 0.29) is 12.3 Å². The van der Waals surface area contributed by atoms with Crippen LogP contribution in [0, 0.1) is 5.92 Å². The summed E-state index contributed by atoms with van der Waals surface area (Å²) in [7, 11) is 0. The quantitative estimate of drug-likeness (QED) is 0.542. The molecule has 0 saturated carbocycles. The van der Waals surface area contributed by atoms with Crippen LogP contribution in [0.3, 0.4) is 0 Å². The van der Waals surface area contributed by atoms with Crippen molar-refractivity contribution in [2.75, 3.05) is 31.5 Å². The number of carboxylic acids is 1. The average molecular weight is 436 g/mol. The second-order valence-corrected chi connectivity index (χ2v) is 9.54. The first-order valence-electron chi connectivity index (χ1n) is 12.4. The Bertz CT molecular complexity index is 870. The molecule has 2 unspecified atom stereocenters. The molecule has 3 heterocycles. The highest BCUT2D eigenvalue weighted by molar-refractivity contribution is 5.68. The van der Waals surface area contributed by atoms with Crippen LogP contribution in [0.1, 0.15) is 67.7 Å². The van der Waals surface area contributed by atoms with E-state index >= 15 is 0 Å². The molecule has 1 fully saturated rings. The Morgan fingerprint density at radius 1 is 1.19 bits per heavy atom. The summed E-state index contributed by atoms with van der Waals surface area (Å²) in [6.45, 7) is 4.50. The molecule has 0 radical (unpaired) electrons. The number of anilines is 1. The van der Waals surface area contributed by atoms with E-state index in [1.165, 1.54) is 37.1 Å². The van der Waals surface area contributed by atoms with E-state index < -0.39 is 5.97 Å². The highest BCUT2D eigenvalue weighted by atomic mass is 16.4. The molecule has 2 aliphatic heterocycles. The van der Waals surface area contributed by atoms with Crippen molar-refractivity contribution in [3.63, 3.8) is 0 Å². The summed E-state index contributed by atoms with van der Waals surface area (Å²) >= 11 is 0. The summed E-state index contributed by atoms with van der Waals surface area (Å²) in [6, 6.07) is 14.6. The number of aromatic nitrogens is 1. The number of pyridine rings is 1. The van der Waals surface area contributed by atoms with Crippen LogP contribution in [0.5, 0.6) is 0 Å². The molecule has 1 aromatic carbocycles. The molecule has 5 heteroatoms. The van der Waals surface area contributed by atoms with E-state index in [9.17, 15) is 9.90 Å². The highest BCUT2D eigenvalue weighted by Crippen LogP contribution is 2.30. The summed E-state index contributed by atoms with van der Waals surface area (Å²) in [5.41, 5.74) is 3.72. The lowest BCUT2D eigenvalue weighted by Crippen LogP contribution is -2.36. The van der Waals surface area contributed by atoms with Crippen molar-refractivity contribution in [2.45, 2.75) is 63.7 Å². The average Bonchev–Trinajstić information content (AvgIpc) is 2.82. The van der Waals surface area contributed by atoms with Gasteiger partial charge in [-0.25, -0.2) is 4.98 Å². The number of nitrogens with zero attached hydrogens (tertiary/aromatic N) is 2. The molecule has 32 heavy (non-hydrogen) atoms. The van der Waals surface area contributed by atoms with Crippen LogP contribution in [0.25, 0.3) is 0 Å². The van der Waals surface area contributed by atoms with Gasteiger partial charge in [-0.2, -0.15) is 0 Å². The Kier molecular flexibility index (Phi) is 8.16. The van der Waals surface area contributed by atoms with Gasteiger partial charge in [-0.3, -0.25) is 4.79 Å². The van der Waals surface area contributed by atoms with Gasteiger partial charge in [0.1, 0.15) is 5.82 Å². The van der Waals surface area contributed by atoms with Crippen LogP contribution in [-0.2, 0) is 17.6 Å². The summed E-state index contributed by atoms with van der Waals surface area (Å²) in [5, 5.41) is 12.8. The van der Waals surface area contributed by atoms with Crippen LogP contribution >= 0.6 is 0 Å². The number of fused-ring (bicyclic) bond motifs is 1. The van der Waals surface area contributed by atoms with Gasteiger partial charge >= 0.3 is 5.97 Å². The van der Waals surface area contributed by atoms with Gasteiger partial charge in [0.15, 0.2) is 0 Å². The number of likely N-dealkylation sites (tertiary alicyclic amines) is 1. The molecule has 1 aromatic heterocycles. The van der Waals surface area contributed by atoms with Gasteiger partial charge in [-0.05, 0) is 93.5 Å². The van der Waals surface area contributed by atoms with E-state index in [0.717, 1.165) is 63.1 Å². The normalized spacial score (nSPS) is 19.7. The van der Waals surface area contributed by atoms with E-state index in [1.807, 2.05) is 18.2 Å². The number of carbonyl (C=O) groups is 1. The fourth-order valence-corrected chi connectivity index (χ4v) is 5.34. The number of benzene rings is 1. The van der Waals surface area contributed by atoms with Crippen molar-refractivity contribution >= 4 is 11.8 Å². The maximum atomic E-state index is 11.4. The molecule has 2 atom stereocenters. The maximum absolute atomic E-state index is 11.4. The van der Waals surface area contributed by atoms with Gasteiger partial charge in [0.2, 0.25) is 0 Å². The van der Waals surface area contributed by atoms with E-state index in [1.54, 1.807) is 0 Å². The zero-order chi connectivity index (χ0) is 22.2. The molecule has 2 aliphatic rings. The standard InChI is InChI=1S/C27H37N3O2/c31-26(32)19-24(22-8-2-1-3-9-22)13-12-21-7-5-17-30(20-21)18-6-11-25-15-14-23-10-4-16-28-27(23)29-25/h1-3,8-9,14-15,21,24H,4-7,10-13,16-20H2,(H,28,29)(H,31,32). The van der Waals surface area contributed by atoms with Crippen LogP contribution in [0.2, 0.25) is 0 Å². The number of piperidine rings is 1. The van der Waals surface area contributed by atoms with Crippen LogP contribution in [0.4, 0.5) is 5.82 Å². The number of aliphatic carboxylic acids is 1. The van der Waals surface area contributed by atoms with E-state index in [2.05, 4.69) is 34.5 Å². The second kappa shape index (κ2) is 11.5. The monoisotopic (exact) mass is 435 g/mol. The van der Waals surface area contributed by atoms with Gasteiger partial charge in [0.05, 0.1) is 6.42 Å². The van der Waals surface area contributed by atoms with E-state index in [0.29, 0.717) is 5.92 Å². The van der Waals surface area contributed by atoms with Crippen molar-refractivity contribution in [1.29, 1.82) is 0 Å². The van der Waals surface area contributed by atoms with Crippen molar-refractivity contribution < 1.29 is 9.90 Å². The molecule has 172 valence electrons. The lowest BCUT2D eigenvalue weighted by atomic mass is 9.85. The first kappa shape index (κ1) is 22.8. The van der Waals surface area contributed by atoms with Gasteiger partial charge in [0.25, 0.3) is 0 Å². The minimum absolute atomic E-state index is 0.118. The Balaban J connectivity index is 1.23. The van der Waals surface area contributed by atoms with Gasteiger partial charge < -0.3 is 15.3 Å². The SMILES string of the molecule is O=C(O)CC(CCC1CCCN(CCCc2ccc3c(n2)NCCC3)C1)c1ccccc1. The largest absolute Gasteiger partial charge is 0.481 e. The maximum Gasteiger partial charge on any atom is 0.303 e.